The van der Waals surface area contributed by atoms with E-state index in [0.29, 0.717) is 5.41 Å². The van der Waals surface area contributed by atoms with Gasteiger partial charge in [-0.25, -0.2) is 4.98 Å². The Kier molecular flexibility index (Phi) is 4.91. The highest BCUT2D eigenvalue weighted by molar-refractivity contribution is 7.18. The normalized spacial score (nSPS) is 18.1. The van der Waals surface area contributed by atoms with E-state index in [1.54, 1.807) is 0 Å². The van der Waals surface area contributed by atoms with Crippen molar-refractivity contribution in [3.05, 3.63) is 29.3 Å². The van der Waals surface area contributed by atoms with Crippen molar-refractivity contribution in [1.29, 1.82) is 0 Å². The number of nitrogens with zero attached hydrogens (tertiary/aromatic N) is 1. The maximum Gasteiger partial charge on any atom is 0.0944 e. The van der Waals surface area contributed by atoms with Crippen LogP contribution >= 0.6 is 11.3 Å². The molecule has 3 heteroatoms. The first-order chi connectivity index (χ1) is 10.3. The summed E-state index contributed by atoms with van der Waals surface area (Å²) in [6.45, 7) is 4.55. The molecule has 2 aromatic rings. The van der Waals surface area contributed by atoms with Crippen molar-refractivity contribution in [2.75, 3.05) is 13.1 Å². The SMILES string of the molecule is CCCNCC1(Cc2nc3ccccc3s2)CCCCC1. The Morgan fingerprint density at radius 2 is 2.00 bits per heavy atom. The van der Waals surface area contributed by atoms with Crippen molar-refractivity contribution in [2.24, 2.45) is 5.41 Å². The van der Waals surface area contributed by atoms with Crippen LogP contribution in [-0.4, -0.2) is 18.1 Å². The molecule has 1 aliphatic rings. The first kappa shape index (κ1) is 15.0. The second kappa shape index (κ2) is 6.89. The summed E-state index contributed by atoms with van der Waals surface area (Å²) in [5, 5.41) is 5.01. The van der Waals surface area contributed by atoms with Crippen LogP contribution in [0.4, 0.5) is 0 Å². The molecular weight excluding hydrogens is 276 g/mol. The minimum absolute atomic E-state index is 0.446. The zero-order valence-electron chi connectivity index (χ0n) is 13.0. The van der Waals surface area contributed by atoms with E-state index >= 15 is 0 Å². The van der Waals surface area contributed by atoms with Gasteiger partial charge in [-0.3, -0.25) is 0 Å². The van der Waals surface area contributed by atoms with Gasteiger partial charge in [-0.2, -0.15) is 0 Å². The van der Waals surface area contributed by atoms with Crippen LogP contribution in [0.5, 0.6) is 0 Å². The summed E-state index contributed by atoms with van der Waals surface area (Å²) in [7, 11) is 0. The molecule has 21 heavy (non-hydrogen) atoms. The predicted molar refractivity (Wildman–Crippen MR) is 92.0 cm³/mol. The van der Waals surface area contributed by atoms with Crippen molar-refractivity contribution in [3.8, 4) is 0 Å². The number of nitrogens with one attached hydrogen (secondary N) is 1. The molecular formula is C18H26N2S. The smallest absolute Gasteiger partial charge is 0.0944 e. The zero-order chi connectivity index (χ0) is 14.5. The molecule has 1 aliphatic carbocycles. The standard InChI is InChI=1S/C18H26N2S/c1-2-12-19-14-18(10-6-3-7-11-18)13-17-20-15-8-4-5-9-16(15)21-17/h4-5,8-9,19H,2-3,6-7,10-14H2,1H3. The molecule has 1 aromatic carbocycles. The molecule has 1 fully saturated rings. The predicted octanol–water partition coefficient (Wildman–Crippen LogP) is 4.79. The number of para-hydroxylation sites is 1. The van der Waals surface area contributed by atoms with E-state index in [-0.39, 0.29) is 0 Å². The second-order valence-electron chi connectivity index (χ2n) is 6.49. The molecule has 1 N–H and O–H groups in total. The van der Waals surface area contributed by atoms with Gasteiger partial charge in [-0.05, 0) is 43.4 Å². The molecule has 0 bridgehead atoms. The van der Waals surface area contributed by atoms with Crippen LogP contribution in [0.2, 0.25) is 0 Å². The lowest BCUT2D eigenvalue weighted by Gasteiger charge is -2.37. The quantitative estimate of drug-likeness (QED) is 0.776. The van der Waals surface area contributed by atoms with Gasteiger partial charge in [0.1, 0.15) is 0 Å². The van der Waals surface area contributed by atoms with Gasteiger partial charge in [0.25, 0.3) is 0 Å². The number of hydrogen-bond acceptors (Lipinski definition) is 3. The Balaban J connectivity index is 1.76. The van der Waals surface area contributed by atoms with E-state index in [0.717, 1.165) is 19.5 Å². The monoisotopic (exact) mass is 302 g/mol. The van der Waals surface area contributed by atoms with Crippen LogP contribution in [0.15, 0.2) is 24.3 Å². The van der Waals surface area contributed by atoms with Gasteiger partial charge in [-0.15, -0.1) is 11.3 Å². The first-order valence-corrected chi connectivity index (χ1v) is 9.18. The number of thiazole rings is 1. The lowest BCUT2D eigenvalue weighted by Crippen LogP contribution is -2.38. The molecule has 1 saturated carbocycles. The van der Waals surface area contributed by atoms with Crippen LogP contribution in [0, 0.1) is 5.41 Å². The molecule has 0 unspecified atom stereocenters. The van der Waals surface area contributed by atoms with Crippen molar-refractivity contribution in [2.45, 2.75) is 51.9 Å². The molecule has 0 aliphatic heterocycles. The highest BCUT2D eigenvalue weighted by Crippen LogP contribution is 2.40. The summed E-state index contributed by atoms with van der Waals surface area (Å²) in [5.41, 5.74) is 1.62. The van der Waals surface area contributed by atoms with E-state index in [4.69, 9.17) is 4.98 Å². The van der Waals surface area contributed by atoms with Crippen LogP contribution in [0.25, 0.3) is 10.2 Å². The number of aromatic nitrogens is 1. The molecule has 0 saturated heterocycles. The van der Waals surface area contributed by atoms with E-state index in [2.05, 4.69) is 36.5 Å². The molecule has 0 radical (unpaired) electrons. The molecule has 3 rings (SSSR count). The van der Waals surface area contributed by atoms with Crippen molar-refractivity contribution in [3.63, 3.8) is 0 Å². The highest BCUT2D eigenvalue weighted by Gasteiger charge is 2.32. The third kappa shape index (κ3) is 3.64. The third-order valence-corrected chi connectivity index (χ3v) is 5.74. The Hall–Kier alpha value is -0.930. The first-order valence-electron chi connectivity index (χ1n) is 8.36. The fourth-order valence-electron chi connectivity index (χ4n) is 3.56. The molecule has 1 heterocycles. The van der Waals surface area contributed by atoms with Gasteiger partial charge in [0.2, 0.25) is 0 Å². The van der Waals surface area contributed by atoms with Crippen molar-refractivity contribution in [1.82, 2.24) is 10.3 Å². The summed E-state index contributed by atoms with van der Waals surface area (Å²) < 4.78 is 1.33. The summed E-state index contributed by atoms with van der Waals surface area (Å²) in [6.07, 6.45) is 9.28. The zero-order valence-corrected chi connectivity index (χ0v) is 13.8. The summed E-state index contributed by atoms with van der Waals surface area (Å²) in [6, 6.07) is 8.53. The number of rotatable bonds is 6. The summed E-state index contributed by atoms with van der Waals surface area (Å²) >= 11 is 1.89. The van der Waals surface area contributed by atoms with Gasteiger partial charge in [-0.1, -0.05) is 38.3 Å². The largest absolute Gasteiger partial charge is 0.316 e. The highest BCUT2D eigenvalue weighted by atomic mass is 32.1. The minimum Gasteiger partial charge on any atom is -0.316 e. The lowest BCUT2D eigenvalue weighted by atomic mass is 9.72. The maximum absolute atomic E-state index is 4.87. The number of benzene rings is 1. The van der Waals surface area contributed by atoms with E-state index in [1.807, 2.05) is 11.3 Å². The fraction of sp³-hybridized carbons (Fsp3) is 0.611. The van der Waals surface area contributed by atoms with Gasteiger partial charge >= 0.3 is 0 Å². The van der Waals surface area contributed by atoms with Crippen LogP contribution in [0.3, 0.4) is 0 Å². The average molecular weight is 302 g/mol. The second-order valence-corrected chi connectivity index (χ2v) is 7.60. The molecule has 114 valence electrons. The molecule has 0 amide bonds. The Labute approximate surface area is 132 Å². The van der Waals surface area contributed by atoms with Crippen LogP contribution in [0.1, 0.15) is 50.5 Å². The van der Waals surface area contributed by atoms with Crippen molar-refractivity contribution < 1.29 is 0 Å². The van der Waals surface area contributed by atoms with Crippen molar-refractivity contribution >= 4 is 21.6 Å². The molecule has 0 atom stereocenters. The van der Waals surface area contributed by atoms with Gasteiger partial charge < -0.3 is 5.32 Å². The van der Waals surface area contributed by atoms with E-state index in [1.165, 1.54) is 53.7 Å². The molecule has 2 nitrogen and oxygen atoms in total. The topological polar surface area (TPSA) is 24.9 Å². The molecule has 1 aromatic heterocycles. The van der Waals surface area contributed by atoms with Gasteiger partial charge in [0, 0.05) is 13.0 Å². The Morgan fingerprint density at radius 1 is 1.19 bits per heavy atom. The average Bonchev–Trinajstić information content (AvgIpc) is 2.90. The van der Waals surface area contributed by atoms with E-state index < -0.39 is 0 Å². The fourth-order valence-corrected chi connectivity index (χ4v) is 4.71. The number of hydrogen-bond donors (Lipinski definition) is 1. The third-order valence-electron chi connectivity index (χ3n) is 4.71. The Bertz CT molecular complexity index is 536. The van der Waals surface area contributed by atoms with Crippen LogP contribution < -0.4 is 5.32 Å². The van der Waals surface area contributed by atoms with Crippen LogP contribution in [-0.2, 0) is 6.42 Å². The van der Waals surface area contributed by atoms with Gasteiger partial charge in [0.15, 0.2) is 0 Å². The molecule has 0 spiro atoms. The maximum atomic E-state index is 4.87. The summed E-state index contributed by atoms with van der Waals surface area (Å²) in [4.78, 5) is 4.87. The Morgan fingerprint density at radius 3 is 2.76 bits per heavy atom. The minimum atomic E-state index is 0.446. The number of fused-ring (bicyclic) bond motifs is 1. The lowest BCUT2D eigenvalue weighted by molar-refractivity contribution is 0.181. The summed E-state index contributed by atoms with van der Waals surface area (Å²) in [5.74, 6) is 0. The van der Waals surface area contributed by atoms with E-state index in [9.17, 15) is 0 Å². The van der Waals surface area contributed by atoms with Gasteiger partial charge in [0.05, 0.1) is 15.2 Å².